The number of amides is 2. The van der Waals surface area contributed by atoms with E-state index in [1.807, 2.05) is 59.4 Å². The molecule has 0 fully saturated rings. The molecule has 3 heterocycles. The molecular weight excluding hydrogens is 750 g/mol. The molecule has 0 aliphatic rings. The fourth-order valence-electron chi connectivity index (χ4n) is 3.32. The van der Waals surface area contributed by atoms with Crippen molar-refractivity contribution in [1.82, 2.24) is 40.4 Å². The number of ether oxygens (including phenoxy) is 2. The predicted octanol–water partition coefficient (Wildman–Crippen LogP) is 1.71. The van der Waals surface area contributed by atoms with Crippen LogP contribution in [0.15, 0.2) is 67.3 Å². The van der Waals surface area contributed by atoms with Gasteiger partial charge >= 0.3 is 26.7 Å². The third kappa shape index (κ3) is 27.6. The van der Waals surface area contributed by atoms with Gasteiger partial charge in [0.2, 0.25) is 6.41 Å². The van der Waals surface area contributed by atoms with Crippen LogP contribution >= 0.6 is 9.12 Å². The van der Waals surface area contributed by atoms with Gasteiger partial charge in [-0.1, -0.05) is 6.08 Å². The molecule has 22 heteroatoms. The van der Waals surface area contributed by atoms with E-state index in [4.69, 9.17) is 40.4 Å². The van der Waals surface area contributed by atoms with Crippen molar-refractivity contribution in [2.75, 3.05) is 96.4 Å². The molecule has 1 unspecified atom stereocenters. The zero-order chi connectivity index (χ0) is 43.6. The van der Waals surface area contributed by atoms with Gasteiger partial charge in [0.1, 0.15) is 11.6 Å². The molecule has 3 rings (SSSR count). The second-order valence-electron chi connectivity index (χ2n) is 10.6. The van der Waals surface area contributed by atoms with Crippen LogP contribution in [-0.2, 0) is 35.1 Å². The summed E-state index contributed by atoms with van der Waals surface area (Å²) < 4.78 is 18.5. The van der Waals surface area contributed by atoms with Crippen LogP contribution in [0.1, 0.15) is 36.8 Å². The van der Waals surface area contributed by atoms with Gasteiger partial charge in [0, 0.05) is 91.3 Å². The fraction of sp³-hybridized carbons (Fsp3) is 0.412. The molecule has 3 aromatic heterocycles. The summed E-state index contributed by atoms with van der Waals surface area (Å²) >= 11 is 0. The topological polar surface area (TPSA) is 250 Å². The van der Waals surface area contributed by atoms with E-state index in [1.165, 1.54) is 56.9 Å². The minimum atomic E-state index is -0.992. The molecule has 3 aromatic rings. The fourth-order valence-corrected chi connectivity index (χ4v) is 3.32. The molecule has 0 spiro atoms. The van der Waals surface area contributed by atoms with Gasteiger partial charge in [0.15, 0.2) is 0 Å². The summed E-state index contributed by atoms with van der Waals surface area (Å²) in [4.78, 5) is 62.9. The number of allylic oxidation sites excluding steroid dienone is 1. The van der Waals surface area contributed by atoms with Crippen molar-refractivity contribution in [1.29, 1.82) is 0 Å². The van der Waals surface area contributed by atoms with Gasteiger partial charge < -0.3 is 35.8 Å². The third-order valence-electron chi connectivity index (χ3n) is 6.00. The van der Waals surface area contributed by atoms with Crippen molar-refractivity contribution in [2.24, 2.45) is 0 Å². The van der Waals surface area contributed by atoms with E-state index in [0.717, 1.165) is 10.8 Å². The number of hydrogen-bond donors (Lipinski definition) is 4. The summed E-state index contributed by atoms with van der Waals surface area (Å²) in [5.41, 5.74) is 15.1. The van der Waals surface area contributed by atoms with Gasteiger partial charge in [-0.15, -0.1) is 0 Å². The Kier molecular flexibility index (Phi) is 34.1. The van der Waals surface area contributed by atoms with Gasteiger partial charge in [-0.3, -0.25) is 29.1 Å². The van der Waals surface area contributed by atoms with Crippen LogP contribution < -0.4 is 16.9 Å². The average Bonchev–Trinajstić information content (AvgIpc) is 3.18. The van der Waals surface area contributed by atoms with Crippen LogP contribution in [0.5, 0.6) is 0 Å². The summed E-state index contributed by atoms with van der Waals surface area (Å²) in [5.74, 6) is -0.890. The number of carbonyl (C=O) groups excluding carboxylic acids is 2. The Bertz CT molecular complexity index is 1550. The van der Waals surface area contributed by atoms with Crippen molar-refractivity contribution in [3.8, 4) is 0 Å². The molecule has 6 N–H and O–H groups in total. The summed E-state index contributed by atoms with van der Waals surface area (Å²) in [5, 5.41) is 10.7. The molecule has 0 aliphatic carbocycles. The summed E-state index contributed by atoms with van der Waals surface area (Å²) in [6, 6.07) is 9.22. The number of aromatic nitrogens is 3. The predicted molar refractivity (Wildman–Crippen MR) is 217 cm³/mol. The van der Waals surface area contributed by atoms with E-state index >= 15 is 0 Å². The van der Waals surface area contributed by atoms with E-state index in [9.17, 15) is 14.4 Å². The molecule has 20 nitrogen and oxygen atoms in total. The maximum atomic E-state index is 11.9. The Morgan fingerprint density at radius 3 is 1.50 bits per heavy atom. The van der Waals surface area contributed by atoms with Crippen LogP contribution in [-0.4, -0.2) is 156 Å². The number of rotatable bonds is 12. The van der Waals surface area contributed by atoms with Crippen molar-refractivity contribution in [3.63, 3.8) is 0 Å². The number of hydrogen-bond acceptors (Lipinski definition) is 17. The number of hydroxylamine groups is 5. The van der Waals surface area contributed by atoms with Gasteiger partial charge in [-0.05, 0) is 56.7 Å². The van der Waals surface area contributed by atoms with Crippen molar-refractivity contribution in [3.05, 3.63) is 89.6 Å². The van der Waals surface area contributed by atoms with Crippen LogP contribution in [0.3, 0.4) is 0 Å². The molecule has 0 radical (unpaired) electrons. The first-order valence-electron chi connectivity index (χ1n) is 16.1. The Balaban J connectivity index is -0.000000654. The number of carboxylic acid groups (broad SMARTS) is 1. The van der Waals surface area contributed by atoms with Crippen LogP contribution in [0.25, 0.3) is 0 Å². The standard InChI is InChI=1S/C13H19N3O2.C8H11N3O2.C6H6N2O2.C5H13NO2.C2H7NO.BH2OP/c1-15(2)9-5-6-12-10-11(7-8-14-12)13(17)16(3)18-4;1-11(13-2)8(12)6-3-4-10-7(9)5-6;7-5-3-4(6(9)10)1-2-8-5;1-6(2)5(7-3)8-4;1-3-4-2;2-1-3/h5,7-10H,6H2,1-4H3;3-5H,1-2H3,(H2,9,10);1-3H,(H2,7,8)(H,9,10);5H,1-4H3;3H,1-2H3;3H2/b9-5+;;;;;. The van der Waals surface area contributed by atoms with Gasteiger partial charge in [-0.25, -0.2) is 30.4 Å². The van der Waals surface area contributed by atoms with E-state index < -0.39 is 5.97 Å². The summed E-state index contributed by atoms with van der Waals surface area (Å²) in [7, 11) is 22.1. The number of nitrogens with two attached hydrogens (primary N) is 2. The van der Waals surface area contributed by atoms with Gasteiger partial charge in [0.05, 0.1) is 26.9 Å². The number of pyridine rings is 3. The maximum absolute atomic E-state index is 11.9. The summed E-state index contributed by atoms with van der Waals surface area (Å²) in [6.07, 6.45) is 8.90. The molecule has 2 amide bonds. The molecule has 0 aromatic carbocycles. The Morgan fingerprint density at radius 1 is 0.804 bits per heavy atom. The van der Waals surface area contributed by atoms with E-state index in [-0.39, 0.29) is 29.6 Å². The second kappa shape index (κ2) is 34.5. The number of methoxy groups -OCH3 is 2. The Hall–Kier alpha value is -4.99. The van der Waals surface area contributed by atoms with Crippen molar-refractivity contribution in [2.45, 2.75) is 12.8 Å². The molecule has 0 saturated carbocycles. The second-order valence-corrected chi connectivity index (χ2v) is 10.9. The number of anilines is 2. The molecule has 56 heavy (non-hydrogen) atoms. The zero-order valence-electron chi connectivity index (χ0n) is 34.2. The number of nitrogen functional groups attached to an aromatic ring is 2. The third-order valence-corrected chi connectivity index (χ3v) is 6.00. The molecule has 0 aliphatic heterocycles. The number of carbonyl (C=O) groups is 3. The van der Waals surface area contributed by atoms with Crippen LogP contribution in [0.2, 0.25) is 0 Å². The first-order valence-corrected chi connectivity index (χ1v) is 16.8. The number of nitrogens with zero attached hydrogens (tertiary/aromatic N) is 7. The first kappa shape index (κ1) is 55.4. The summed E-state index contributed by atoms with van der Waals surface area (Å²) in [6.45, 7) is 0.667. The van der Waals surface area contributed by atoms with Crippen molar-refractivity contribution < 1.29 is 48.2 Å². The number of carboxylic acids is 1. The van der Waals surface area contributed by atoms with Crippen molar-refractivity contribution >= 4 is 45.4 Å². The molecular formula is C34H58BN10O10P. The van der Waals surface area contributed by atoms with E-state index in [0.29, 0.717) is 30.2 Å². The number of aromatic carboxylic acids is 1. The SMILES string of the molecule is CNOC.COC(OC)N(C)C.CON(C)C(=O)c1ccnc(C/C=C/N(C)C)c1.CON(C)C(=O)c1ccnc(N)c1.Nc1cc(C(=O)O)ccn1.O=BP. The molecule has 312 valence electrons. The van der Waals surface area contributed by atoms with E-state index in [1.54, 1.807) is 59.8 Å². The first-order chi connectivity index (χ1) is 26.4. The molecule has 0 saturated heterocycles. The van der Waals surface area contributed by atoms with Gasteiger partial charge in [0.25, 0.3) is 11.8 Å². The normalized spacial score (nSPS) is 9.62. The quantitative estimate of drug-likeness (QED) is 0.0880. The molecule has 1 atom stereocenters. The van der Waals surface area contributed by atoms with E-state index in [2.05, 4.69) is 25.3 Å². The zero-order valence-corrected chi connectivity index (χ0v) is 35.4. The Labute approximate surface area is 332 Å². The minimum absolute atomic E-state index is 0.160. The monoisotopic (exact) mass is 808 g/mol. The van der Waals surface area contributed by atoms with Crippen LogP contribution in [0, 0.1) is 0 Å². The average molecular weight is 809 g/mol. The number of nitrogens with one attached hydrogen (secondary N) is 1. The molecule has 0 bridgehead atoms. The van der Waals surface area contributed by atoms with Gasteiger partial charge in [-0.2, -0.15) is 0 Å². The Morgan fingerprint density at radius 2 is 1.20 bits per heavy atom. The van der Waals surface area contributed by atoms with Crippen LogP contribution in [0.4, 0.5) is 11.6 Å².